The molecule has 2 atom stereocenters. The number of amides is 1. The van der Waals surface area contributed by atoms with Crippen LogP contribution >= 0.6 is 24.8 Å². The first-order valence-electron chi connectivity index (χ1n) is 6.32. The molecule has 1 aliphatic heterocycles. The number of hydrogen-bond acceptors (Lipinski definition) is 4. The van der Waals surface area contributed by atoms with Gasteiger partial charge in [-0.3, -0.25) is 9.69 Å². The second-order valence-corrected chi connectivity index (χ2v) is 4.81. The van der Waals surface area contributed by atoms with Crippen molar-refractivity contribution in [3.8, 4) is 0 Å². The summed E-state index contributed by atoms with van der Waals surface area (Å²) in [6.45, 7) is 8.97. The minimum Gasteiger partial charge on any atom is -0.383 e. The fourth-order valence-corrected chi connectivity index (χ4v) is 1.93. The molecule has 1 amide bonds. The number of piperazine rings is 1. The van der Waals surface area contributed by atoms with Crippen LogP contribution in [-0.2, 0) is 9.53 Å². The molecule has 0 aromatic rings. The molecule has 0 aromatic heterocycles. The number of halogens is 2. The number of hydrogen-bond donors (Lipinski definition) is 1. The van der Waals surface area contributed by atoms with Crippen molar-refractivity contribution in [2.75, 3.05) is 46.4 Å². The van der Waals surface area contributed by atoms with Crippen LogP contribution < -0.4 is 5.73 Å². The van der Waals surface area contributed by atoms with Crippen LogP contribution in [-0.4, -0.2) is 68.2 Å². The van der Waals surface area contributed by atoms with E-state index in [4.69, 9.17) is 10.5 Å². The highest BCUT2D eigenvalue weighted by Crippen LogP contribution is 2.09. The third-order valence-electron chi connectivity index (χ3n) is 3.47. The topological polar surface area (TPSA) is 58.8 Å². The van der Waals surface area contributed by atoms with E-state index >= 15 is 0 Å². The van der Waals surface area contributed by atoms with Crippen LogP contribution in [0.5, 0.6) is 0 Å². The second-order valence-electron chi connectivity index (χ2n) is 4.81. The van der Waals surface area contributed by atoms with Crippen LogP contribution in [0.4, 0.5) is 0 Å². The highest BCUT2D eigenvalue weighted by molar-refractivity contribution is 5.85. The van der Waals surface area contributed by atoms with Gasteiger partial charge in [-0.15, -0.1) is 24.8 Å². The molecule has 0 saturated carbocycles. The van der Waals surface area contributed by atoms with Crippen LogP contribution in [0.15, 0.2) is 0 Å². The van der Waals surface area contributed by atoms with Crippen LogP contribution in [0, 0.1) is 5.92 Å². The molecular weight excluding hydrogens is 289 g/mol. The second kappa shape index (κ2) is 10.7. The first-order chi connectivity index (χ1) is 8.06. The normalized spacial score (nSPS) is 19.1. The first kappa shape index (κ1) is 21.2. The van der Waals surface area contributed by atoms with E-state index in [9.17, 15) is 4.79 Å². The Hall–Kier alpha value is -0.0700. The molecule has 7 heteroatoms. The van der Waals surface area contributed by atoms with Crippen LogP contribution in [0.2, 0.25) is 0 Å². The number of carbonyl (C=O) groups is 1. The van der Waals surface area contributed by atoms with Gasteiger partial charge in [-0.25, -0.2) is 0 Å². The molecule has 0 bridgehead atoms. The Balaban J connectivity index is 0. The lowest BCUT2D eigenvalue weighted by Gasteiger charge is -2.36. The van der Waals surface area contributed by atoms with E-state index in [1.54, 1.807) is 7.11 Å². The Morgan fingerprint density at radius 3 is 2.16 bits per heavy atom. The molecule has 0 aromatic carbocycles. The van der Waals surface area contributed by atoms with Crippen molar-refractivity contribution in [3.05, 3.63) is 0 Å². The molecular formula is C12H27Cl2N3O2. The SMILES string of the molecule is COCCN1CCN(C(=O)C(C)C(C)N)CC1.Cl.Cl. The van der Waals surface area contributed by atoms with Gasteiger partial charge >= 0.3 is 0 Å². The maximum absolute atomic E-state index is 12.1. The molecule has 116 valence electrons. The lowest BCUT2D eigenvalue weighted by atomic mass is 10.0. The minimum absolute atomic E-state index is 0. The molecule has 19 heavy (non-hydrogen) atoms. The van der Waals surface area contributed by atoms with E-state index in [1.165, 1.54) is 0 Å². The summed E-state index contributed by atoms with van der Waals surface area (Å²) in [6, 6.07) is -0.0750. The van der Waals surface area contributed by atoms with Crippen molar-refractivity contribution >= 4 is 30.7 Å². The summed E-state index contributed by atoms with van der Waals surface area (Å²) in [5.74, 6) is 0.104. The standard InChI is InChI=1S/C12H25N3O2.2ClH/c1-10(11(2)13)12(16)15-6-4-14(5-7-15)8-9-17-3;;/h10-11H,4-9,13H2,1-3H3;2*1H. The number of rotatable bonds is 5. The summed E-state index contributed by atoms with van der Waals surface area (Å²) in [6.07, 6.45) is 0. The van der Waals surface area contributed by atoms with E-state index in [-0.39, 0.29) is 42.7 Å². The summed E-state index contributed by atoms with van der Waals surface area (Å²) >= 11 is 0. The Labute approximate surface area is 128 Å². The van der Waals surface area contributed by atoms with E-state index in [1.807, 2.05) is 18.7 Å². The van der Waals surface area contributed by atoms with Crippen LogP contribution in [0.25, 0.3) is 0 Å². The molecule has 0 spiro atoms. The Bertz CT molecular complexity index is 247. The summed E-state index contributed by atoms with van der Waals surface area (Å²) in [5.41, 5.74) is 5.76. The molecule has 1 heterocycles. The average Bonchev–Trinajstić information content (AvgIpc) is 2.35. The fraction of sp³-hybridized carbons (Fsp3) is 0.917. The van der Waals surface area contributed by atoms with Gasteiger partial charge in [0.25, 0.3) is 0 Å². The van der Waals surface area contributed by atoms with Gasteiger partial charge in [-0.1, -0.05) is 6.92 Å². The molecule has 2 unspecified atom stereocenters. The van der Waals surface area contributed by atoms with Gasteiger partial charge in [0.05, 0.1) is 12.5 Å². The summed E-state index contributed by atoms with van der Waals surface area (Å²) < 4.78 is 5.05. The van der Waals surface area contributed by atoms with E-state index in [2.05, 4.69) is 4.90 Å². The van der Waals surface area contributed by atoms with Gasteiger partial charge in [0.2, 0.25) is 5.91 Å². The lowest BCUT2D eigenvalue weighted by molar-refractivity contribution is -0.137. The molecule has 0 radical (unpaired) electrons. The fourth-order valence-electron chi connectivity index (χ4n) is 1.93. The molecule has 2 N–H and O–H groups in total. The molecule has 1 aliphatic rings. The first-order valence-corrected chi connectivity index (χ1v) is 6.32. The monoisotopic (exact) mass is 315 g/mol. The van der Waals surface area contributed by atoms with Crippen molar-refractivity contribution in [2.45, 2.75) is 19.9 Å². The van der Waals surface area contributed by atoms with Gasteiger partial charge < -0.3 is 15.4 Å². The number of nitrogens with two attached hydrogens (primary N) is 1. The molecule has 1 saturated heterocycles. The third kappa shape index (κ3) is 6.77. The van der Waals surface area contributed by atoms with Gasteiger partial charge in [-0.2, -0.15) is 0 Å². The van der Waals surface area contributed by atoms with Gasteiger partial charge in [0.1, 0.15) is 0 Å². The van der Waals surface area contributed by atoms with Crippen molar-refractivity contribution in [2.24, 2.45) is 11.7 Å². The molecule has 1 rings (SSSR count). The maximum atomic E-state index is 12.1. The molecule has 5 nitrogen and oxygen atoms in total. The largest absolute Gasteiger partial charge is 0.383 e. The summed E-state index contributed by atoms with van der Waals surface area (Å²) in [5, 5.41) is 0. The molecule has 0 aliphatic carbocycles. The number of nitrogens with zero attached hydrogens (tertiary/aromatic N) is 2. The molecule has 1 fully saturated rings. The van der Waals surface area contributed by atoms with E-state index in [0.717, 1.165) is 39.3 Å². The maximum Gasteiger partial charge on any atom is 0.227 e. The smallest absolute Gasteiger partial charge is 0.227 e. The number of ether oxygens (including phenoxy) is 1. The van der Waals surface area contributed by atoms with Crippen molar-refractivity contribution < 1.29 is 9.53 Å². The zero-order valence-corrected chi connectivity index (χ0v) is 13.6. The van der Waals surface area contributed by atoms with Crippen molar-refractivity contribution in [1.82, 2.24) is 9.80 Å². The number of methoxy groups -OCH3 is 1. The van der Waals surface area contributed by atoms with Crippen molar-refractivity contribution in [1.29, 1.82) is 0 Å². The Kier molecular flexibility index (Phi) is 11.9. The lowest BCUT2D eigenvalue weighted by Crippen LogP contribution is -2.52. The Morgan fingerprint density at radius 2 is 1.74 bits per heavy atom. The number of carbonyl (C=O) groups excluding carboxylic acids is 1. The van der Waals surface area contributed by atoms with Gasteiger partial charge in [-0.05, 0) is 6.92 Å². The van der Waals surface area contributed by atoms with Gasteiger partial charge in [0, 0.05) is 45.9 Å². The summed E-state index contributed by atoms with van der Waals surface area (Å²) in [7, 11) is 1.71. The van der Waals surface area contributed by atoms with Crippen molar-refractivity contribution in [3.63, 3.8) is 0 Å². The van der Waals surface area contributed by atoms with E-state index in [0.29, 0.717) is 0 Å². The third-order valence-corrected chi connectivity index (χ3v) is 3.47. The zero-order chi connectivity index (χ0) is 12.8. The minimum atomic E-state index is -0.0828. The van der Waals surface area contributed by atoms with Crippen LogP contribution in [0.1, 0.15) is 13.8 Å². The Morgan fingerprint density at radius 1 is 1.21 bits per heavy atom. The highest BCUT2D eigenvalue weighted by atomic mass is 35.5. The average molecular weight is 316 g/mol. The zero-order valence-electron chi connectivity index (χ0n) is 12.0. The van der Waals surface area contributed by atoms with E-state index < -0.39 is 0 Å². The predicted octanol–water partition coefficient (Wildman–Crippen LogP) is 0.604. The van der Waals surface area contributed by atoms with Gasteiger partial charge in [0.15, 0.2) is 0 Å². The quantitative estimate of drug-likeness (QED) is 0.807. The highest BCUT2D eigenvalue weighted by Gasteiger charge is 2.26. The van der Waals surface area contributed by atoms with Crippen LogP contribution in [0.3, 0.4) is 0 Å². The predicted molar refractivity (Wildman–Crippen MR) is 82.2 cm³/mol. The summed E-state index contributed by atoms with van der Waals surface area (Å²) in [4.78, 5) is 16.3.